The van der Waals surface area contributed by atoms with Gasteiger partial charge in [0.05, 0.1) is 5.69 Å². The predicted molar refractivity (Wildman–Crippen MR) is 70.7 cm³/mol. The van der Waals surface area contributed by atoms with Crippen molar-refractivity contribution in [2.75, 3.05) is 0 Å². The summed E-state index contributed by atoms with van der Waals surface area (Å²) in [6, 6.07) is 12.9. The number of fused-ring (bicyclic) bond motifs is 2. The summed E-state index contributed by atoms with van der Waals surface area (Å²) in [5.41, 5.74) is 1.71. The molecule has 2 aromatic carbocycles. The number of benzene rings is 2. The van der Waals surface area contributed by atoms with Crippen molar-refractivity contribution in [2.24, 2.45) is 4.99 Å². The molecule has 0 bridgehead atoms. The molecule has 0 amide bonds. The molecule has 0 saturated heterocycles. The van der Waals surface area contributed by atoms with Crippen molar-refractivity contribution in [2.45, 2.75) is 9.79 Å². The smallest absolute Gasteiger partial charge is 0.138 e. The maximum Gasteiger partial charge on any atom is 0.138 e. The number of phenols is 1. The van der Waals surface area contributed by atoms with Gasteiger partial charge in [-0.15, -0.1) is 0 Å². The number of rotatable bonds is 0. The number of aliphatic imine (C=N–C) groups is 1. The minimum Gasteiger partial charge on any atom is -0.508 e. The highest BCUT2D eigenvalue weighted by Crippen LogP contribution is 2.42. The minimum atomic E-state index is 0.238. The van der Waals surface area contributed by atoms with E-state index in [2.05, 4.69) is 4.99 Å². The molecule has 2 nitrogen and oxygen atoms in total. The molecule has 17 heavy (non-hydrogen) atoms. The van der Waals surface area contributed by atoms with E-state index in [0.29, 0.717) is 5.17 Å². The summed E-state index contributed by atoms with van der Waals surface area (Å²) in [6.45, 7) is 0. The van der Waals surface area contributed by atoms with Crippen LogP contribution in [0.25, 0.3) is 0 Å². The van der Waals surface area contributed by atoms with Crippen molar-refractivity contribution in [1.29, 1.82) is 0 Å². The van der Waals surface area contributed by atoms with Crippen LogP contribution in [-0.4, -0.2) is 10.3 Å². The molecule has 0 aromatic heterocycles. The van der Waals surface area contributed by atoms with E-state index in [-0.39, 0.29) is 5.75 Å². The van der Waals surface area contributed by atoms with E-state index in [1.807, 2.05) is 24.3 Å². The standard InChI is InChI=1S/C13H8ClNOS/c14-13-9-3-1-2-4-11(9)17-12-7-8(16)5-6-10(12)15-13/h1-7,16H. The van der Waals surface area contributed by atoms with Crippen LogP contribution >= 0.6 is 23.4 Å². The average Bonchev–Trinajstić information content (AvgIpc) is 2.46. The largest absolute Gasteiger partial charge is 0.508 e. The lowest BCUT2D eigenvalue weighted by Gasteiger charge is -2.04. The van der Waals surface area contributed by atoms with Crippen molar-refractivity contribution < 1.29 is 5.11 Å². The Kier molecular flexibility index (Phi) is 2.57. The van der Waals surface area contributed by atoms with Gasteiger partial charge in [0.2, 0.25) is 0 Å². The van der Waals surface area contributed by atoms with E-state index in [1.54, 1.807) is 30.0 Å². The van der Waals surface area contributed by atoms with Crippen LogP contribution in [0.2, 0.25) is 0 Å². The van der Waals surface area contributed by atoms with Gasteiger partial charge < -0.3 is 5.11 Å². The fraction of sp³-hybridized carbons (Fsp3) is 0. The van der Waals surface area contributed by atoms with E-state index in [0.717, 1.165) is 21.0 Å². The van der Waals surface area contributed by atoms with Gasteiger partial charge in [-0.2, -0.15) is 0 Å². The SMILES string of the molecule is Oc1ccc2c(c1)Sc1ccccc1C(Cl)=N2. The molecule has 0 aliphatic carbocycles. The van der Waals surface area contributed by atoms with Crippen LogP contribution in [0.15, 0.2) is 57.2 Å². The third kappa shape index (κ3) is 1.92. The van der Waals surface area contributed by atoms with Crippen molar-refractivity contribution in [3.8, 4) is 5.75 Å². The summed E-state index contributed by atoms with van der Waals surface area (Å²) < 4.78 is 0. The van der Waals surface area contributed by atoms with E-state index >= 15 is 0 Å². The molecule has 0 spiro atoms. The average molecular weight is 262 g/mol. The lowest BCUT2D eigenvalue weighted by atomic mass is 10.2. The highest BCUT2D eigenvalue weighted by atomic mass is 35.5. The van der Waals surface area contributed by atoms with Gasteiger partial charge in [0.15, 0.2) is 0 Å². The second-order valence-electron chi connectivity index (χ2n) is 3.65. The van der Waals surface area contributed by atoms with Crippen LogP contribution < -0.4 is 0 Å². The highest BCUT2D eigenvalue weighted by Gasteiger charge is 2.15. The van der Waals surface area contributed by atoms with Gasteiger partial charge in [0, 0.05) is 15.4 Å². The first-order valence-electron chi connectivity index (χ1n) is 5.08. The Morgan fingerprint density at radius 3 is 2.76 bits per heavy atom. The van der Waals surface area contributed by atoms with E-state index < -0.39 is 0 Å². The molecular weight excluding hydrogens is 254 g/mol. The molecule has 1 N–H and O–H groups in total. The Bertz CT molecular complexity index is 625. The Morgan fingerprint density at radius 1 is 1.06 bits per heavy atom. The Hall–Kier alpha value is -1.45. The van der Waals surface area contributed by atoms with Crippen molar-refractivity contribution >= 4 is 34.2 Å². The fourth-order valence-electron chi connectivity index (χ4n) is 1.69. The van der Waals surface area contributed by atoms with Crippen molar-refractivity contribution in [3.63, 3.8) is 0 Å². The van der Waals surface area contributed by atoms with E-state index in [9.17, 15) is 5.11 Å². The second kappa shape index (κ2) is 4.09. The van der Waals surface area contributed by atoms with Gasteiger partial charge in [-0.1, -0.05) is 41.6 Å². The molecule has 0 unspecified atom stereocenters. The maximum atomic E-state index is 9.50. The number of phenolic OH excluding ortho intramolecular Hbond substituents is 1. The number of halogens is 1. The van der Waals surface area contributed by atoms with Crippen LogP contribution in [0.5, 0.6) is 5.75 Å². The van der Waals surface area contributed by atoms with Gasteiger partial charge in [0.1, 0.15) is 10.9 Å². The minimum absolute atomic E-state index is 0.238. The molecule has 2 aromatic rings. The molecule has 1 heterocycles. The lowest BCUT2D eigenvalue weighted by molar-refractivity contribution is 0.474. The van der Waals surface area contributed by atoms with Crippen LogP contribution in [0, 0.1) is 0 Å². The zero-order valence-corrected chi connectivity index (χ0v) is 10.3. The molecule has 1 aliphatic rings. The third-order valence-corrected chi connectivity index (χ3v) is 3.90. The normalized spacial score (nSPS) is 13.4. The Morgan fingerprint density at radius 2 is 1.88 bits per heavy atom. The molecular formula is C13H8ClNOS. The zero-order valence-electron chi connectivity index (χ0n) is 8.72. The summed E-state index contributed by atoms with van der Waals surface area (Å²) in [5.74, 6) is 0.238. The van der Waals surface area contributed by atoms with E-state index in [4.69, 9.17) is 11.6 Å². The molecule has 4 heteroatoms. The summed E-state index contributed by atoms with van der Waals surface area (Å²) in [5, 5.41) is 9.98. The Labute approximate surface area is 108 Å². The molecule has 0 atom stereocenters. The summed E-state index contributed by atoms with van der Waals surface area (Å²) >= 11 is 7.76. The van der Waals surface area contributed by atoms with Gasteiger partial charge in [-0.25, -0.2) is 4.99 Å². The number of hydrogen-bond donors (Lipinski definition) is 1. The number of hydrogen-bond acceptors (Lipinski definition) is 3. The van der Waals surface area contributed by atoms with Crippen LogP contribution in [0.1, 0.15) is 5.56 Å². The first-order chi connectivity index (χ1) is 8.24. The van der Waals surface area contributed by atoms with Crippen LogP contribution in [0.4, 0.5) is 5.69 Å². The fourth-order valence-corrected chi connectivity index (χ4v) is 3.06. The van der Waals surface area contributed by atoms with Gasteiger partial charge in [-0.05, 0) is 24.3 Å². The molecule has 84 valence electrons. The van der Waals surface area contributed by atoms with E-state index in [1.165, 1.54) is 0 Å². The lowest BCUT2D eigenvalue weighted by Crippen LogP contribution is -1.90. The predicted octanol–water partition coefficient (Wildman–Crippen LogP) is 4.17. The molecule has 0 fully saturated rings. The molecule has 1 aliphatic heterocycles. The second-order valence-corrected chi connectivity index (χ2v) is 5.09. The Balaban J connectivity index is 2.24. The molecule has 0 radical (unpaired) electrons. The first-order valence-corrected chi connectivity index (χ1v) is 6.28. The number of nitrogens with zero attached hydrogens (tertiary/aromatic N) is 1. The zero-order chi connectivity index (χ0) is 11.8. The quantitative estimate of drug-likeness (QED) is 0.772. The van der Waals surface area contributed by atoms with Gasteiger partial charge >= 0.3 is 0 Å². The molecule has 0 saturated carbocycles. The maximum absolute atomic E-state index is 9.50. The summed E-state index contributed by atoms with van der Waals surface area (Å²) in [7, 11) is 0. The van der Waals surface area contributed by atoms with Gasteiger partial charge in [0.25, 0.3) is 0 Å². The summed E-state index contributed by atoms with van der Waals surface area (Å²) in [4.78, 5) is 6.33. The van der Waals surface area contributed by atoms with Crippen molar-refractivity contribution in [3.05, 3.63) is 48.0 Å². The monoisotopic (exact) mass is 261 g/mol. The van der Waals surface area contributed by atoms with Crippen molar-refractivity contribution in [1.82, 2.24) is 0 Å². The summed E-state index contributed by atoms with van der Waals surface area (Å²) in [6.07, 6.45) is 0. The topological polar surface area (TPSA) is 32.6 Å². The first kappa shape index (κ1) is 10.7. The molecule has 3 rings (SSSR count). The highest BCUT2D eigenvalue weighted by molar-refractivity contribution is 7.99. The van der Waals surface area contributed by atoms with Crippen LogP contribution in [-0.2, 0) is 0 Å². The van der Waals surface area contributed by atoms with Gasteiger partial charge in [-0.3, -0.25) is 0 Å². The number of aromatic hydroxyl groups is 1. The third-order valence-electron chi connectivity index (χ3n) is 2.49. The van der Waals surface area contributed by atoms with Crippen LogP contribution in [0.3, 0.4) is 0 Å².